The lowest BCUT2D eigenvalue weighted by Gasteiger charge is -2.10. The van der Waals surface area contributed by atoms with Gasteiger partial charge in [-0.1, -0.05) is 0 Å². The van der Waals surface area contributed by atoms with Gasteiger partial charge >= 0.3 is 6.18 Å². The van der Waals surface area contributed by atoms with Gasteiger partial charge in [0.2, 0.25) is 0 Å². The average molecular weight is 357 g/mol. The van der Waals surface area contributed by atoms with Gasteiger partial charge in [-0.25, -0.2) is 0 Å². The Balaban J connectivity index is 0.00000484. The van der Waals surface area contributed by atoms with E-state index in [1.165, 1.54) is 24.3 Å². The molecule has 0 aromatic heterocycles. The lowest BCUT2D eigenvalue weighted by atomic mass is 10.2. The Labute approximate surface area is 138 Å². The van der Waals surface area contributed by atoms with Crippen molar-refractivity contribution >= 4 is 18.3 Å². The predicted octanol–water partition coefficient (Wildman–Crippen LogP) is 2.02. The molecule has 132 valence electrons. The summed E-state index contributed by atoms with van der Waals surface area (Å²) in [5.74, 6) is -0.231. The number of ether oxygens (including phenoxy) is 2. The van der Waals surface area contributed by atoms with Crippen molar-refractivity contribution in [3.63, 3.8) is 0 Å². The molecule has 0 spiro atoms. The first-order valence-corrected chi connectivity index (χ1v) is 6.70. The summed E-state index contributed by atoms with van der Waals surface area (Å²) in [6, 6.07) is 5.49. The third-order valence-corrected chi connectivity index (χ3v) is 2.59. The fourth-order valence-electron chi connectivity index (χ4n) is 1.53. The number of rotatable bonds is 9. The van der Waals surface area contributed by atoms with Crippen LogP contribution in [0.4, 0.5) is 13.2 Å². The molecule has 0 fully saturated rings. The van der Waals surface area contributed by atoms with Crippen LogP contribution in [0.2, 0.25) is 0 Å². The molecule has 0 saturated carbocycles. The Morgan fingerprint density at radius 2 is 1.78 bits per heavy atom. The van der Waals surface area contributed by atoms with Crippen LogP contribution < -0.4 is 15.4 Å². The standard InChI is InChI=1S/C14H19F3N2O3.ClH/c1-21-9-8-18-6-7-19-13(20)11-2-4-12(5-3-11)22-10-14(15,16)17;/h2-5,18H,6-10H2,1H3,(H,19,20);1H. The maximum Gasteiger partial charge on any atom is 0.422 e. The smallest absolute Gasteiger partial charge is 0.422 e. The Morgan fingerprint density at radius 1 is 1.13 bits per heavy atom. The minimum Gasteiger partial charge on any atom is -0.484 e. The third kappa shape index (κ3) is 9.98. The minimum atomic E-state index is -4.38. The lowest BCUT2D eigenvalue weighted by Crippen LogP contribution is -2.33. The number of nitrogens with one attached hydrogen (secondary N) is 2. The molecule has 5 nitrogen and oxygen atoms in total. The summed E-state index contributed by atoms with van der Waals surface area (Å²) in [7, 11) is 1.60. The van der Waals surface area contributed by atoms with E-state index in [2.05, 4.69) is 15.4 Å². The maximum atomic E-state index is 12.0. The molecular formula is C14H20ClF3N2O3. The van der Waals surface area contributed by atoms with E-state index in [0.717, 1.165) is 0 Å². The second-order valence-electron chi connectivity index (χ2n) is 4.43. The van der Waals surface area contributed by atoms with E-state index in [1.807, 2.05) is 0 Å². The number of amides is 1. The minimum absolute atomic E-state index is 0. The van der Waals surface area contributed by atoms with Crippen molar-refractivity contribution in [1.29, 1.82) is 0 Å². The van der Waals surface area contributed by atoms with E-state index in [-0.39, 0.29) is 24.1 Å². The van der Waals surface area contributed by atoms with E-state index in [1.54, 1.807) is 7.11 Å². The number of halogens is 4. The predicted molar refractivity (Wildman–Crippen MR) is 82.3 cm³/mol. The Kier molecular flexibility index (Phi) is 10.4. The normalized spacial score (nSPS) is 10.8. The van der Waals surface area contributed by atoms with Crippen molar-refractivity contribution in [2.75, 3.05) is 40.0 Å². The summed E-state index contributed by atoms with van der Waals surface area (Å²) in [6.07, 6.45) is -4.38. The zero-order valence-corrected chi connectivity index (χ0v) is 13.4. The molecule has 1 amide bonds. The molecule has 0 aliphatic heterocycles. The molecule has 0 saturated heterocycles. The van der Waals surface area contributed by atoms with E-state index in [9.17, 15) is 18.0 Å². The van der Waals surface area contributed by atoms with Crippen LogP contribution in [0.1, 0.15) is 10.4 Å². The quantitative estimate of drug-likeness (QED) is 0.665. The van der Waals surface area contributed by atoms with Crippen LogP contribution in [-0.2, 0) is 4.74 Å². The lowest BCUT2D eigenvalue weighted by molar-refractivity contribution is -0.153. The van der Waals surface area contributed by atoms with Crippen molar-refractivity contribution in [2.45, 2.75) is 6.18 Å². The molecule has 0 radical (unpaired) electrons. The number of alkyl halides is 3. The van der Waals surface area contributed by atoms with Crippen LogP contribution in [0.25, 0.3) is 0 Å². The van der Waals surface area contributed by atoms with Gasteiger partial charge in [0.05, 0.1) is 6.61 Å². The highest BCUT2D eigenvalue weighted by atomic mass is 35.5. The molecule has 23 heavy (non-hydrogen) atoms. The number of benzene rings is 1. The summed E-state index contributed by atoms with van der Waals surface area (Å²) < 4.78 is 45.4. The molecule has 1 aromatic rings. The van der Waals surface area contributed by atoms with Crippen molar-refractivity contribution in [3.8, 4) is 5.75 Å². The van der Waals surface area contributed by atoms with Crippen LogP contribution in [0, 0.1) is 0 Å². The molecule has 0 unspecified atom stereocenters. The number of methoxy groups -OCH3 is 1. The fraction of sp³-hybridized carbons (Fsp3) is 0.500. The van der Waals surface area contributed by atoms with Gasteiger partial charge in [0.15, 0.2) is 6.61 Å². The molecule has 0 heterocycles. The molecule has 1 rings (SSSR count). The van der Waals surface area contributed by atoms with E-state index < -0.39 is 12.8 Å². The highest BCUT2D eigenvalue weighted by Crippen LogP contribution is 2.18. The number of hydrogen-bond acceptors (Lipinski definition) is 4. The Hall–Kier alpha value is -1.51. The first kappa shape index (κ1) is 21.5. The molecule has 2 N–H and O–H groups in total. The van der Waals surface area contributed by atoms with Crippen LogP contribution in [0.5, 0.6) is 5.75 Å². The molecule has 1 aromatic carbocycles. The van der Waals surface area contributed by atoms with Crippen molar-refractivity contribution in [3.05, 3.63) is 29.8 Å². The molecule has 0 aliphatic carbocycles. The molecule has 0 atom stereocenters. The van der Waals surface area contributed by atoms with Gasteiger partial charge in [-0.05, 0) is 24.3 Å². The SMILES string of the molecule is COCCNCCNC(=O)c1ccc(OCC(F)(F)F)cc1.Cl. The molecule has 9 heteroatoms. The molecule has 0 aliphatic rings. The summed E-state index contributed by atoms with van der Waals surface area (Å²) >= 11 is 0. The average Bonchev–Trinajstić information content (AvgIpc) is 2.48. The first-order valence-electron chi connectivity index (χ1n) is 6.70. The monoisotopic (exact) mass is 356 g/mol. The maximum absolute atomic E-state index is 12.0. The number of carbonyl (C=O) groups is 1. The van der Waals surface area contributed by atoms with Gasteiger partial charge in [0.25, 0.3) is 5.91 Å². The highest BCUT2D eigenvalue weighted by Gasteiger charge is 2.28. The number of hydrogen-bond donors (Lipinski definition) is 2. The highest BCUT2D eigenvalue weighted by molar-refractivity contribution is 5.94. The fourth-order valence-corrected chi connectivity index (χ4v) is 1.53. The second kappa shape index (κ2) is 11.1. The Bertz CT molecular complexity index is 456. The molecule has 0 bridgehead atoms. The zero-order chi connectivity index (χ0) is 16.4. The molecular weight excluding hydrogens is 337 g/mol. The first-order chi connectivity index (χ1) is 10.4. The number of carbonyl (C=O) groups excluding carboxylic acids is 1. The van der Waals surface area contributed by atoms with E-state index in [4.69, 9.17) is 4.74 Å². The topological polar surface area (TPSA) is 59.6 Å². The van der Waals surface area contributed by atoms with Gasteiger partial charge < -0.3 is 20.1 Å². The summed E-state index contributed by atoms with van der Waals surface area (Å²) in [5.41, 5.74) is 0.358. The second-order valence-corrected chi connectivity index (χ2v) is 4.43. The summed E-state index contributed by atoms with van der Waals surface area (Å²) in [4.78, 5) is 11.8. The van der Waals surface area contributed by atoms with E-state index >= 15 is 0 Å². The van der Waals surface area contributed by atoms with Gasteiger partial charge in [-0.15, -0.1) is 12.4 Å². The van der Waals surface area contributed by atoms with Crippen LogP contribution >= 0.6 is 12.4 Å². The van der Waals surface area contributed by atoms with Gasteiger partial charge in [-0.3, -0.25) is 4.79 Å². The van der Waals surface area contributed by atoms with Crippen molar-refractivity contribution < 1.29 is 27.4 Å². The van der Waals surface area contributed by atoms with Gasteiger partial charge in [-0.2, -0.15) is 13.2 Å². The van der Waals surface area contributed by atoms with Crippen molar-refractivity contribution in [2.24, 2.45) is 0 Å². The summed E-state index contributed by atoms with van der Waals surface area (Å²) in [6.45, 7) is 0.966. The van der Waals surface area contributed by atoms with Crippen molar-refractivity contribution in [1.82, 2.24) is 10.6 Å². The van der Waals surface area contributed by atoms with Crippen LogP contribution in [0.15, 0.2) is 24.3 Å². The van der Waals surface area contributed by atoms with Crippen LogP contribution in [-0.4, -0.2) is 52.0 Å². The third-order valence-electron chi connectivity index (χ3n) is 2.59. The largest absolute Gasteiger partial charge is 0.484 e. The van der Waals surface area contributed by atoms with E-state index in [0.29, 0.717) is 31.8 Å². The van der Waals surface area contributed by atoms with Gasteiger partial charge in [0.1, 0.15) is 5.75 Å². The van der Waals surface area contributed by atoms with Gasteiger partial charge in [0, 0.05) is 32.3 Å². The zero-order valence-electron chi connectivity index (χ0n) is 12.6. The summed E-state index contributed by atoms with van der Waals surface area (Å²) in [5, 5.41) is 5.76. The van der Waals surface area contributed by atoms with Crippen LogP contribution in [0.3, 0.4) is 0 Å². The Morgan fingerprint density at radius 3 is 2.35 bits per heavy atom.